The highest BCUT2D eigenvalue weighted by atomic mass is 19.2. The second-order valence-electron chi connectivity index (χ2n) is 8.09. The Morgan fingerprint density at radius 2 is 1.83 bits per heavy atom. The molecule has 3 aliphatic rings. The predicted molar refractivity (Wildman–Crippen MR) is 104 cm³/mol. The summed E-state index contributed by atoms with van der Waals surface area (Å²) in [4.78, 5) is 14.4. The number of carbonyl (C=O) groups excluding carboxylic acids is 1. The van der Waals surface area contributed by atoms with Gasteiger partial charge in [-0.2, -0.15) is 0 Å². The molecular weight excluding hydrogens is 376 g/mol. The van der Waals surface area contributed by atoms with Crippen LogP contribution >= 0.6 is 0 Å². The zero-order chi connectivity index (χ0) is 20.0. The molecule has 1 amide bonds. The molecule has 6 heteroatoms. The minimum Gasteiger partial charge on any atom is -0.493 e. The van der Waals surface area contributed by atoms with E-state index in [1.807, 2.05) is 0 Å². The molecule has 0 unspecified atom stereocenters. The molecule has 1 saturated heterocycles. The lowest BCUT2D eigenvalue weighted by Crippen LogP contribution is -2.39. The zero-order valence-electron chi connectivity index (χ0n) is 16.2. The van der Waals surface area contributed by atoms with Gasteiger partial charge in [0.15, 0.2) is 11.6 Å². The van der Waals surface area contributed by atoms with E-state index in [4.69, 9.17) is 9.47 Å². The van der Waals surface area contributed by atoms with Gasteiger partial charge in [-0.3, -0.25) is 4.79 Å². The molecule has 1 fully saturated rings. The van der Waals surface area contributed by atoms with Crippen molar-refractivity contribution in [2.45, 2.75) is 32.1 Å². The van der Waals surface area contributed by atoms with E-state index in [0.717, 1.165) is 68.9 Å². The number of likely N-dealkylation sites (tertiary alicyclic amines) is 1. The van der Waals surface area contributed by atoms with Crippen LogP contribution in [0.25, 0.3) is 0 Å². The fourth-order valence-electron chi connectivity index (χ4n) is 4.74. The molecule has 3 heterocycles. The van der Waals surface area contributed by atoms with Gasteiger partial charge >= 0.3 is 0 Å². The van der Waals surface area contributed by atoms with Crippen LogP contribution in [-0.2, 0) is 19.3 Å². The van der Waals surface area contributed by atoms with E-state index in [1.54, 1.807) is 4.90 Å². The molecule has 0 atom stereocenters. The van der Waals surface area contributed by atoms with Gasteiger partial charge in [-0.1, -0.05) is 0 Å². The van der Waals surface area contributed by atoms with Crippen LogP contribution in [0.4, 0.5) is 8.78 Å². The third-order valence-electron chi connectivity index (χ3n) is 6.32. The fraction of sp³-hybridized carbons (Fsp3) is 0.435. The number of halogens is 2. The topological polar surface area (TPSA) is 38.8 Å². The molecule has 0 aliphatic carbocycles. The molecule has 3 aliphatic heterocycles. The lowest BCUT2D eigenvalue weighted by Gasteiger charge is -2.32. The lowest BCUT2D eigenvalue weighted by molar-refractivity contribution is 0.0689. The largest absolute Gasteiger partial charge is 0.493 e. The van der Waals surface area contributed by atoms with E-state index in [1.165, 1.54) is 22.8 Å². The number of ether oxygens (including phenoxy) is 2. The number of amides is 1. The van der Waals surface area contributed by atoms with Crippen LogP contribution < -0.4 is 9.47 Å². The Morgan fingerprint density at radius 3 is 2.62 bits per heavy atom. The van der Waals surface area contributed by atoms with Gasteiger partial charge in [0, 0.05) is 48.2 Å². The van der Waals surface area contributed by atoms with Crippen LogP contribution in [-0.4, -0.2) is 37.1 Å². The summed E-state index contributed by atoms with van der Waals surface area (Å²) in [7, 11) is 0. The van der Waals surface area contributed by atoms with E-state index < -0.39 is 11.6 Å². The summed E-state index contributed by atoms with van der Waals surface area (Å²) in [6.07, 6.45) is 4.56. The van der Waals surface area contributed by atoms with E-state index in [2.05, 4.69) is 6.07 Å². The van der Waals surface area contributed by atoms with Crippen LogP contribution in [0.5, 0.6) is 11.5 Å². The number of nitrogens with zero attached hydrogens (tertiary/aromatic N) is 1. The molecule has 2 aromatic rings. The Bertz CT molecular complexity index is 935. The quantitative estimate of drug-likeness (QED) is 0.785. The monoisotopic (exact) mass is 399 g/mol. The minimum atomic E-state index is -0.986. The summed E-state index contributed by atoms with van der Waals surface area (Å²) >= 11 is 0. The Balaban J connectivity index is 1.28. The Labute approximate surface area is 168 Å². The second-order valence-corrected chi connectivity index (χ2v) is 8.09. The number of rotatable bonds is 3. The molecule has 0 aromatic heterocycles. The van der Waals surface area contributed by atoms with Crippen molar-refractivity contribution in [3.63, 3.8) is 0 Å². The molecule has 29 heavy (non-hydrogen) atoms. The average Bonchev–Trinajstić information content (AvgIpc) is 3.39. The van der Waals surface area contributed by atoms with Gasteiger partial charge in [-0.25, -0.2) is 8.78 Å². The van der Waals surface area contributed by atoms with Gasteiger partial charge in [0.25, 0.3) is 5.91 Å². The maximum atomic E-state index is 13.5. The van der Waals surface area contributed by atoms with E-state index in [0.29, 0.717) is 19.0 Å². The maximum absolute atomic E-state index is 13.5. The SMILES string of the molecule is O=C(c1ccc(F)c(F)c1)N1CCC(Cc2c3c(cc4c2OCC4)OCC3)CC1. The van der Waals surface area contributed by atoms with Crippen molar-refractivity contribution in [2.75, 3.05) is 26.3 Å². The highest BCUT2D eigenvalue weighted by Gasteiger charge is 2.30. The van der Waals surface area contributed by atoms with Crippen molar-refractivity contribution in [1.82, 2.24) is 4.90 Å². The third kappa shape index (κ3) is 3.34. The minimum absolute atomic E-state index is 0.201. The summed E-state index contributed by atoms with van der Waals surface area (Å²) in [6, 6.07) is 5.48. The number of piperidine rings is 1. The van der Waals surface area contributed by atoms with Crippen molar-refractivity contribution in [1.29, 1.82) is 0 Å². The molecule has 0 spiro atoms. The van der Waals surface area contributed by atoms with E-state index >= 15 is 0 Å². The van der Waals surface area contributed by atoms with Crippen molar-refractivity contribution < 1.29 is 23.0 Å². The number of benzene rings is 2. The van der Waals surface area contributed by atoms with Gasteiger partial charge in [0.1, 0.15) is 11.5 Å². The molecule has 4 nitrogen and oxygen atoms in total. The molecule has 0 N–H and O–H groups in total. The summed E-state index contributed by atoms with van der Waals surface area (Å²) in [6.45, 7) is 2.70. The Hall–Kier alpha value is -2.63. The molecule has 2 aromatic carbocycles. The average molecular weight is 399 g/mol. The highest BCUT2D eigenvalue weighted by molar-refractivity contribution is 5.94. The van der Waals surface area contributed by atoms with Gasteiger partial charge < -0.3 is 14.4 Å². The summed E-state index contributed by atoms with van der Waals surface area (Å²) in [5, 5.41) is 0. The number of hydrogen-bond acceptors (Lipinski definition) is 3. The first-order valence-electron chi connectivity index (χ1n) is 10.3. The Kier molecular flexibility index (Phi) is 4.64. The van der Waals surface area contributed by atoms with Crippen LogP contribution in [0.1, 0.15) is 39.9 Å². The van der Waals surface area contributed by atoms with Gasteiger partial charge in [0.05, 0.1) is 13.2 Å². The standard InChI is InChI=1S/C23H23F2NO3/c24-19-2-1-16(12-20(19)25)23(27)26-7-3-14(4-8-26)11-18-17-6-10-28-21(17)13-15-5-9-29-22(15)18/h1-2,12-14H,3-11H2. The molecule has 5 rings (SSSR count). The highest BCUT2D eigenvalue weighted by Crippen LogP contribution is 2.42. The van der Waals surface area contributed by atoms with Crippen molar-refractivity contribution in [3.05, 3.63) is 58.2 Å². The zero-order valence-corrected chi connectivity index (χ0v) is 16.2. The lowest BCUT2D eigenvalue weighted by atomic mass is 9.86. The van der Waals surface area contributed by atoms with Crippen molar-refractivity contribution in [3.8, 4) is 11.5 Å². The normalized spacial score (nSPS) is 18.2. The maximum Gasteiger partial charge on any atom is 0.253 e. The predicted octanol–water partition coefficient (Wildman–Crippen LogP) is 3.93. The van der Waals surface area contributed by atoms with Crippen LogP contribution in [0.15, 0.2) is 24.3 Å². The third-order valence-corrected chi connectivity index (χ3v) is 6.32. The molecule has 0 saturated carbocycles. The first kappa shape index (κ1) is 18.4. The van der Waals surface area contributed by atoms with Crippen molar-refractivity contribution in [2.24, 2.45) is 5.92 Å². The van der Waals surface area contributed by atoms with Crippen LogP contribution in [0.2, 0.25) is 0 Å². The molecular formula is C23H23F2NO3. The first-order chi connectivity index (χ1) is 14.1. The first-order valence-corrected chi connectivity index (χ1v) is 10.3. The van der Waals surface area contributed by atoms with E-state index in [-0.39, 0.29) is 11.5 Å². The Morgan fingerprint density at radius 1 is 1.03 bits per heavy atom. The smallest absolute Gasteiger partial charge is 0.253 e. The second kappa shape index (κ2) is 7.32. The number of carbonyl (C=O) groups is 1. The molecule has 0 radical (unpaired) electrons. The summed E-state index contributed by atoms with van der Waals surface area (Å²) in [5.74, 6) is 0.365. The fourth-order valence-corrected chi connectivity index (χ4v) is 4.74. The van der Waals surface area contributed by atoms with E-state index in [9.17, 15) is 13.6 Å². The number of hydrogen-bond donors (Lipinski definition) is 0. The van der Waals surface area contributed by atoms with Crippen LogP contribution in [0, 0.1) is 17.6 Å². The van der Waals surface area contributed by atoms with Gasteiger partial charge in [-0.15, -0.1) is 0 Å². The number of fused-ring (bicyclic) bond motifs is 2. The van der Waals surface area contributed by atoms with Crippen molar-refractivity contribution >= 4 is 5.91 Å². The summed E-state index contributed by atoms with van der Waals surface area (Å²) in [5.41, 5.74) is 4.02. The van der Waals surface area contributed by atoms with Crippen LogP contribution in [0.3, 0.4) is 0 Å². The van der Waals surface area contributed by atoms with Gasteiger partial charge in [0.2, 0.25) is 0 Å². The van der Waals surface area contributed by atoms with Gasteiger partial charge in [-0.05, 0) is 49.4 Å². The summed E-state index contributed by atoms with van der Waals surface area (Å²) < 4.78 is 38.3. The molecule has 0 bridgehead atoms. The molecule has 152 valence electrons.